The first-order valence-corrected chi connectivity index (χ1v) is 6.91. The van der Waals surface area contributed by atoms with Crippen LogP contribution in [0.1, 0.15) is 19.4 Å². The zero-order valence-electron chi connectivity index (χ0n) is 12.5. The Balaban J connectivity index is 2.16. The number of nitrogens with zero attached hydrogens (tertiary/aromatic N) is 1. The lowest BCUT2D eigenvalue weighted by atomic mass is 10.1. The summed E-state index contributed by atoms with van der Waals surface area (Å²) in [6, 6.07) is 7.66. The van der Waals surface area contributed by atoms with Crippen molar-refractivity contribution in [2.75, 3.05) is 13.3 Å². The van der Waals surface area contributed by atoms with Crippen LogP contribution >= 0.6 is 0 Å². The number of rotatable bonds is 5. The molecular formula is C18H20FNO. The Morgan fingerprint density at radius 2 is 2.24 bits per heavy atom. The van der Waals surface area contributed by atoms with Crippen molar-refractivity contribution in [1.29, 1.82) is 0 Å². The summed E-state index contributed by atoms with van der Waals surface area (Å²) in [5, 5.41) is 0. The molecule has 0 spiro atoms. The molecule has 0 N–H and O–H groups in total. The highest BCUT2D eigenvalue weighted by atomic mass is 19.1. The molecule has 0 fully saturated rings. The molecule has 0 amide bonds. The Hall–Kier alpha value is -2.29. The van der Waals surface area contributed by atoms with Crippen LogP contribution in [0.5, 0.6) is 5.75 Å². The number of hydrogen-bond donors (Lipinski definition) is 0. The van der Waals surface area contributed by atoms with Crippen LogP contribution in [0, 0.1) is 0 Å². The summed E-state index contributed by atoms with van der Waals surface area (Å²) in [6.45, 7) is 7.71. The molecule has 3 heteroatoms. The molecule has 2 rings (SSSR count). The van der Waals surface area contributed by atoms with Gasteiger partial charge in [-0.2, -0.15) is 0 Å². The van der Waals surface area contributed by atoms with Crippen LogP contribution in [0.15, 0.2) is 66.7 Å². The predicted molar refractivity (Wildman–Crippen MR) is 85.4 cm³/mol. The third kappa shape index (κ3) is 4.09. The monoisotopic (exact) mass is 285 g/mol. The van der Waals surface area contributed by atoms with Gasteiger partial charge in [-0.3, -0.25) is 0 Å². The fourth-order valence-electron chi connectivity index (χ4n) is 2.08. The highest BCUT2D eigenvalue weighted by Crippen LogP contribution is 2.23. The van der Waals surface area contributed by atoms with Crippen LogP contribution in [0.2, 0.25) is 0 Å². The summed E-state index contributed by atoms with van der Waals surface area (Å²) in [7, 11) is 0. The van der Waals surface area contributed by atoms with Crippen LogP contribution in [-0.2, 0) is 0 Å². The minimum Gasteiger partial charge on any atom is -0.491 e. The Labute approximate surface area is 125 Å². The topological polar surface area (TPSA) is 12.5 Å². The lowest BCUT2D eigenvalue weighted by Crippen LogP contribution is -2.10. The molecule has 21 heavy (non-hydrogen) atoms. The van der Waals surface area contributed by atoms with E-state index in [4.69, 9.17) is 4.74 Å². The molecule has 0 saturated heterocycles. The number of ether oxygens (including phenoxy) is 1. The molecule has 0 aromatic heterocycles. The van der Waals surface area contributed by atoms with E-state index in [1.165, 1.54) is 5.57 Å². The third-order valence-corrected chi connectivity index (χ3v) is 3.19. The smallest absolute Gasteiger partial charge is 0.123 e. The molecule has 1 aliphatic heterocycles. The maximum absolute atomic E-state index is 12.2. The summed E-state index contributed by atoms with van der Waals surface area (Å²) in [6.07, 6.45) is 8.09. The summed E-state index contributed by atoms with van der Waals surface area (Å²) in [5.41, 5.74) is 4.24. The van der Waals surface area contributed by atoms with Gasteiger partial charge in [0.15, 0.2) is 0 Å². The Bertz CT molecular complexity index is 613. The standard InChI is InChI=1S/C18H20FNO/c1-14-7-9-20(16(3)11-14)13-15(2)17-5-4-6-18(12-17)21-10-8-19/h4-7,9,11-13H,3,8,10H2,1-2H3/b15-13+. The van der Waals surface area contributed by atoms with Gasteiger partial charge in [0.2, 0.25) is 0 Å². The summed E-state index contributed by atoms with van der Waals surface area (Å²) < 4.78 is 17.5. The highest BCUT2D eigenvalue weighted by Gasteiger charge is 2.06. The minimum atomic E-state index is -0.483. The Morgan fingerprint density at radius 3 is 2.95 bits per heavy atom. The van der Waals surface area contributed by atoms with Gasteiger partial charge in [0, 0.05) is 18.1 Å². The second-order valence-electron chi connectivity index (χ2n) is 4.98. The molecule has 1 aromatic rings. The normalized spacial score (nSPS) is 15.2. The van der Waals surface area contributed by atoms with E-state index in [-0.39, 0.29) is 6.61 Å². The van der Waals surface area contributed by atoms with Crippen molar-refractivity contribution in [3.63, 3.8) is 0 Å². The zero-order valence-corrected chi connectivity index (χ0v) is 12.5. The minimum absolute atomic E-state index is 0.0853. The summed E-state index contributed by atoms with van der Waals surface area (Å²) >= 11 is 0. The van der Waals surface area contributed by atoms with Crippen molar-refractivity contribution in [1.82, 2.24) is 4.90 Å². The molecule has 0 atom stereocenters. The average Bonchev–Trinajstić information content (AvgIpc) is 2.48. The van der Waals surface area contributed by atoms with Crippen LogP contribution in [0.25, 0.3) is 5.57 Å². The van der Waals surface area contributed by atoms with Crippen LogP contribution in [0.4, 0.5) is 4.39 Å². The molecule has 1 heterocycles. The van der Waals surface area contributed by atoms with E-state index in [1.54, 1.807) is 0 Å². The number of alkyl halides is 1. The van der Waals surface area contributed by atoms with Gasteiger partial charge in [-0.05, 0) is 54.8 Å². The second kappa shape index (κ2) is 6.93. The van der Waals surface area contributed by atoms with E-state index in [2.05, 4.69) is 6.58 Å². The van der Waals surface area contributed by atoms with Crippen molar-refractivity contribution in [2.45, 2.75) is 13.8 Å². The van der Waals surface area contributed by atoms with Crippen molar-refractivity contribution in [3.8, 4) is 5.75 Å². The molecule has 0 aliphatic carbocycles. The molecular weight excluding hydrogens is 265 g/mol. The number of allylic oxidation sites excluding steroid dienone is 4. The van der Waals surface area contributed by atoms with E-state index >= 15 is 0 Å². The molecule has 0 radical (unpaired) electrons. The van der Waals surface area contributed by atoms with Gasteiger partial charge in [0.25, 0.3) is 0 Å². The predicted octanol–water partition coefficient (Wildman–Crippen LogP) is 4.69. The fourth-order valence-corrected chi connectivity index (χ4v) is 2.08. The van der Waals surface area contributed by atoms with Crippen molar-refractivity contribution in [3.05, 3.63) is 72.2 Å². The van der Waals surface area contributed by atoms with Crippen LogP contribution in [0.3, 0.4) is 0 Å². The van der Waals surface area contributed by atoms with Gasteiger partial charge >= 0.3 is 0 Å². The fraction of sp³-hybridized carbons (Fsp3) is 0.222. The van der Waals surface area contributed by atoms with Gasteiger partial charge in [-0.1, -0.05) is 18.7 Å². The molecule has 1 aliphatic rings. The van der Waals surface area contributed by atoms with Crippen molar-refractivity contribution < 1.29 is 9.13 Å². The molecule has 0 bridgehead atoms. The lowest BCUT2D eigenvalue weighted by Gasteiger charge is -2.21. The van der Waals surface area contributed by atoms with Crippen molar-refractivity contribution in [2.24, 2.45) is 0 Å². The van der Waals surface area contributed by atoms with Gasteiger partial charge in [0.1, 0.15) is 19.0 Å². The molecule has 0 saturated carbocycles. The van der Waals surface area contributed by atoms with Gasteiger partial charge in [0.05, 0.1) is 0 Å². The Kier molecular flexibility index (Phi) is 4.99. The van der Waals surface area contributed by atoms with E-state index in [1.807, 2.05) is 67.6 Å². The lowest BCUT2D eigenvalue weighted by molar-refractivity contribution is 0.273. The maximum atomic E-state index is 12.2. The van der Waals surface area contributed by atoms with Crippen LogP contribution < -0.4 is 4.74 Å². The first kappa shape index (κ1) is 15.1. The zero-order chi connectivity index (χ0) is 15.2. The summed E-state index contributed by atoms with van der Waals surface area (Å²) in [4.78, 5) is 1.98. The Morgan fingerprint density at radius 1 is 1.43 bits per heavy atom. The van der Waals surface area contributed by atoms with Gasteiger partial charge in [-0.15, -0.1) is 0 Å². The van der Waals surface area contributed by atoms with E-state index in [9.17, 15) is 4.39 Å². The van der Waals surface area contributed by atoms with Crippen LogP contribution in [-0.4, -0.2) is 18.2 Å². The molecule has 2 nitrogen and oxygen atoms in total. The first-order valence-electron chi connectivity index (χ1n) is 6.91. The number of halogens is 1. The first-order chi connectivity index (χ1) is 10.1. The average molecular weight is 285 g/mol. The largest absolute Gasteiger partial charge is 0.491 e. The van der Waals surface area contributed by atoms with Gasteiger partial charge < -0.3 is 9.64 Å². The van der Waals surface area contributed by atoms with E-state index < -0.39 is 6.67 Å². The third-order valence-electron chi connectivity index (χ3n) is 3.19. The highest BCUT2D eigenvalue weighted by molar-refractivity contribution is 5.65. The number of benzene rings is 1. The van der Waals surface area contributed by atoms with E-state index in [0.29, 0.717) is 5.75 Å². The molecule has 0 unspecified atom stereocenters. The molecule has 110 valence electrons. The van der Waals surface area contributed by atoms with E-state index in [0.717, 1.165) is 16.8 Å². The van der Waals surface area contributed by atoms with Gasteiger partial charge in [-0.25, -0.2) is 4.39 Å². The quantitative estimate of drug-likeness (QED) is 0.778. The number of hydrogen-bond acceptors (Lipinski definition) is 2. The second-order valence-corrected chi connectivity index (χ2v) is 4.98. The molecule has 1 aromatic carbocycles. The SMILES string of the molecule is C=C1C=C(C)C=CN1/C=C(\C)c1cccc(OCCF)c1. The van der Waals surface area contributed by atoms with Crippen molar-refractivity contribution >= 4 is 5.57 Å². The maximum Gasteiger partial charge on any atom is 0.123 e. The summed E-state index contributed by atoms with van der Waals surface area (Å²) in [5.74, 6) is 0.682.